The summed E-state index contributed by atoms with van der Waals surface area (Å²) in [5, 5.41) is 0. The molecule has 2 heterocycles. The van der Waals surface area contributed by atoms with Gasteiger partial charge in [0.25, 0.3) is 0 Å². The van der Waals surface area contributed by atoms with E-state index in [0.29, 0.717) is 0 Å². The van der Waals surface area contributed by atoms with Crippen LogP contribution in [0.1, 0.15) is 13.3 Å². The second kappa shape index (κ2) is 3.01. The molecule has 2 fully saturated rings. The van der Waals surface area contributed by atoms with Crippen LogP contribution in [-0.2, 0) is 19.1 Å². The van der Waals surface area contributed by atoms with E-state index >= 15 is 0 Å². The van der Waals surface area contributed by atoms with Gasteiger partial charge in [0, 0.05) is 0 Å². The van der Waals surface area contributed by atoms with Gasteiger partial charge in [-0.15, -0.1) is 0 Å². The molecule has 0 aromatic heterocycles. The van der Waals surface area contributed by atoms with E-state index < -0.39 is 0 Å². The van der Waals surface area contributed by atoms with Crippen molar-refractivity contribution < 1.29 is 19.1 Å². The molecule has 0 N–H and O–H groups in total. The van der Waals surface area contributed by atoms with Gasteiger partial charge in [-0.1, -0.05) is 6.92 Å². The molecule has 0 aromatic carbocycles. The van der Waals surface area contributed by atoms with E-state index in [1.807, 2.05) is 6.92 Å². The minimum Gasteiger partial charge on any atom is -0.461 e. The highest BCUT2D eigenvalue weighted by atomic mass is 16.6. The molecule has 0 aromatic rings. The van der Waals surface area contributed by atoms with Crippen molar-refractivity contribution in [3.8, 4) is 0 Å². The standard InChI is InChI=1S/C9H10O4/c1-5(7-4-9(11)13-7)2-6-3-8(10)12-6/h3-7H,2H2,1H3. The van der Waals surface area contributed by atoms with E-state index in [2.05, 4.69) is 0 Å². The average molecular weight is 182 g/mol. The molecule has 0 spiro atoms. The minimum atomic E-state index is -0.258. The molecule has 0 bridgehead atoms. The molecule has 0 aliphatic carbocycles. The third-order valence-electron chi connectivity index (χ3n) is 2.31. The first-order chi connectivity index (χ1) is 6.15. The summed E-state index contributed by atoms with van der Waals surface area (Å²) in [6.07, 6.45) is 3.62. The van der Waals surface area contributed by atoms with Gasteiger partial charge < -0.3 is 9.47 Å². The molecule has 2 saturated heterocycles. The van der Waals surface area contributed by atoms with Gasteiger partial charge >= 0.3 is 11.9 Å². The SMILES string of the molecule is CC(CC1[CH]C(=O)O1)C1[CH]C(=O)O1. The Bertz CT molecular complexity index is 232. The van der Waals surface area contributed by atoms with Gasteiger partial charge in [0.2, 0.25) is 0 Å². The third-order valence-corrected chi connectivity index (χ3v) is 2.31. The first kappa shape index (κ1) is 8.53. The van der Waals surface area contributed by atoms with Crippen LogP contribution < -0.4 is 0 Å². The zero-order chi connectivity index (χ0) is 9.42. The first-order valence-corrected chi connectivity index (χ1v) is 4.26. The molecule has 3 unspecified atom stereocenters. The number of rotatable bonds is 3. The summed E-state index contributed by atoms with van der Waals surface area (Å²) in [6, 6.07) is 0. The van der Waals surface area contributed by atoms with Crippen molar-refractivity contribution in [2.24, 2.45) is 5.92 Å². The second-order valence-electron chi connectivity index (χ2n) is 3.42. The number of carbonyl (C=O) groups excluding carboxylic acids is 2. The van der Waals surface area contributed by atoms with Gasteiger partial charge in [-0.2, -0.15) is 0 Å². The lowest BCUT2D eigenvalue weighted by Gasteiger charge is -2.34. The smallest absolute Gasteiger partial charge is 0.314 e. The molecule has 4 heteroatoms. The molecular formula is C9H10O4. The van der Waals surface area contributed by atoms with Crippen LogP contribution in [0.15, 0.2) is 0 Å². The maximum Gasteiger partial charge on any atom is 0.314 e. The Hall–Kier alpha value is -1.06. The summed E-state index contributed by atoms with van der Waals surface area (Å²) in [5.41, 5.74) is 0. The van der Waals surface area contributed by atoms with Gasteiger partial charge in [0.05, 0.1) is 0 Å². The maximum atomic E-state index is 10.5. The molecule has 3 atom stereocenters. The Kier molecular flexibility index (Phi) is 1.98. The molecule has 2 aliphatic heterocycles. The van der Waals surface area contributed by atoms with Crippen molar-refractivity contribution in [3.63, 3.8) is 0 Å². The molecule has 70 valence electrons. The second-order valence-corrected chi connectivity index (χ2v) is 3.42. The fourth-order valence-electron chi connectivity index (χ4n) is 1.47. The van der Waals surface area contributed by atoms with Crippen molar-refractivity contribution in [2.75, 3.05) is 0 Å². The van der Waals surface area contributed by atoms with Gasteiger partial charge in [0.15, 0.2) is 0 Å². The highest BCUT2D eigenvalue weighted by molar-refractivity contribution is 5.86. The maximum absolute atomic E-state index is 10.5. The predicted molar refractivity (Wildman–Crippen MR) is 42.1 cm³/mol. The van der Waals surface area contributed by atoms with Gasteiger partial charge in [-0.25, -0.2) is 0 Å². The molecule has 2 aliphatic rings. The summed E-state index contributed by atoms with van der Waals surface area (Å²) < 4.78 is 9.65. The van der Waals surface area contributed by atoms with Crippen LogP contribution >= 0.6 is 0 Å². The number of hydrogen-bond donors (Lipinski definition) is 0. The van der Waals surface area contributed by atoms with Crippen LogP contribution in [0.5, 0.6) is 0 Å². The van der Waals surface area contributed by atoms with Crippen LogP contribution in [0.2, 0.25) is 0 Å². The lowest BCUT2D eigenvalue weighted by atomic mass is 9.90. The van der Waals surface area contributed by atoms with Crippen molar-refractivity contribution in [1.82, 2.24) is 0 Å². The molecule has 0 amide bonds. The Morgan fingerprint density at radius 1 is 1.31 bits per heavy atom. The zero-order valence-corrected chi connectivity index (χ0v) is 7.23. The number of esters is 2. The highest BCUT2D eigenvalue weighted by Crippen LogP contribution is 2.28. The third kappa shape index (κ3) is 1.66. The zero-order valence-electron chi connectivity index (χ0n) is 7.23. The summed E-state index contributed by atoms with van der Waals surface area (Å²) >= 11 is 0. The normalized spacial score (nSPS) is 33.9. The van der Waals surface area contributed by atoms with E-state index in [0.717, 1.165) is 6.42 Å². The quantitative estimate of drug-likeness (QED) is 0.588. The van der Waals surface area contributed by atoms with Crippen molar-refractivity contribution in [2.45, 2.75) is 25.6 Å². The molecule has 2 radical (unpaired) electrons. The Balaban J connectivity index is 1.70. The monoisotopic (exact) mass is 182 g/mol. The lowest BCUT2D eigenvalue weighted by molar-refractivity contribution is -0.167. The van der Waals surface area contributed by atoms with E-state index in [1.165, 1.54) is 6.42 Å². The van der Waals surface area contributed by atoms with Crippen LogP contribution in [0.4, 0.5) is 0 Å². The Labute approximate surface area is 76.2 Å². The molecule has 0 saturated carbocycles. The van der Waals surface area contributed by atoms with Gasteiger partial charge in [-0.05, 0) is 12.3 Å². The fraction of sp³-hybridized carbons (Fsp3) is 0.556. The Morgan fingerprint density at radius 3 is 2.31 bits per heavy atom. The number of carbonyl (C=O) groups is 2. The van der Waals surface area contributed by atoms with E-state index in [1.54, 1.807) is 6.42 Å². The molecule has 4 nitrogen and oxygen atoms in total. The van der Waals surface area contributed by atoms with Gasteiger partial charge in [-0.3, -0.25) is 9.59 Å². The number of ether oxygens (including phenoxy) is 2. The summed E-state index contributed by atoms with van der Waals surface area (Å²) in [6.45, 7) is 1.97. The van der Waals surface area contributed by atoms with Crippen molar-refractivity contribution in [3.05, 3.63) is 12.8 Å². The summed E-state index contributed by atoms with van der Waals surface area (Å²) in [7, 11) is 0. The number of hydrogen-bond acceptors (Lipinski definition) is 4. The first-order valence-electron chi connectivity index (χ1n) is 4.26. The molecule has 13 heavy (non-hydrogen) atoms. The number of cyclic esters (lactones) is 2. The Morgan fingerprint density at radius 2 is 1.85 bits per heavy atom. The average Bonchev–Trinajstić information content (AvgIpc) is 1.95. The fourth-order valence-corrected chi connectivity index (χ4v) is 1.47. The van der Waals surface area contributed by atoms with Crippen LogP contribution in [-0.4, -0.2) is 24.1 Å². The van der Waals surface area contributed by atoms with E-state index in [4.69, 9.17) is 9.47 Å². The van der Waals surface area contributed by atoms with Gasteiger partial charge in [0.1, 0.15) is 25.0 Å². The van der Waals surface area contributed by atoms with Crippen LogP contribution in [0, 0.1) is 18.8 Å². The van der Waals surface area contributed by atoms with Crippen LogP contribution in [0.3, 0.4) is 0 Å². The summed E-state index contributed by atoms with van der Waals surface area (Å²) in [5.74, 6) is -0.301. The van der Waals surface area contributed by atoms with Crippen molar-refractivity contribution in [1.29, 1.82) is 0 Å². The van der Waals surface area contributed by atoms with E-state index in [9.17, 15) is 9.59 Å². The molecular weight excluding hydrogens is 172 g/mol. The van der Waals surface area contributed by atoms with Crippen molar-refractivity contribution >= 4 is 11.9 Å². The predicted octanol–water partition coefficient (Wildman–Crippen LogP) is 0.272. The molecule has 2 rings (SSSR count). The topological polar surface area (TPSA) is 52.6 Å². The highest BCUT2D eigenvalue weighted by Gasteiger charge is 2.38. The van der Waals surface area contributed by atoms with Crippen LogP contribution in [0.25, 0.3) is 0 Å². The lowest BCUT2D eigenvalue weighted by Crippen LogP contribution is -2.43. The minimum absolute atomic E-state index is 0.0878. The van der Waals surface area contributed by atoms with E-state index in [-0.39, 0.29) is 30.1 Å². The summed E-state index contributed by atoms with van der Waals surface area (Å²) in [4.78, 5) is 20.9. The largest absolute Gasteiger partial charge is 0.461 e.